The fraction of sp³-hybridized carbons (Fsp3) is 0.111. The fourth-order valence-electron chi connectivity index (χ4n) is 4.09. The van der Waals surface area contributed by atoms with E-state index >= 15 is 0 Å². The molecule has 0 saturated heterocycles. The van der Waals surface area contributed by atoms with E-state index in [9.17, 15) is 0 Å². The summed E-state index contributed by atoms with van der Waals surface area (Å²) in [6, 6.07) is 30.9. The van der Waals surface area contributed by atoms with Crippen LogP contribution >= 0.6 is 11.6 Å². The van der Waals surface area contributed by atoms with Crippen molar-refractivity contribution < 1.29 is 4.74 Å². The Labute approximate surface area is 182 Å². The molecule has 1 aliphatic rings. The fourth-order valence-corrected chi connectivity index (χ4v) is 4.30. The molecule has 0 atom stereocenters. The van der Waals surface area contributed by atoms with Crippen LogP contribution in [0.3, 0.4) is 0 Å². The largest absolute Gasteiger partial charge is 0.457 e. The minimum Gasteiger partial charge on any atom is -0.457 e. The number of ether oxygens (including phenoxy) is 1. The third-order valence-electron chi connectivity index (χ3n) is 5.79. The Hall–Kier alpha value is -3.23. The maximum atomic E-state index is 6.67. The SMILES string of the molecule is CC1(C)c2ccccc2Oc2cc(Nc3ccc(-c4ccccc4)cc3)c(Cl)cc21. The molecule has 0 unspecified atom stereocenters. The van der Waals surface area contributed by atoms with Gasteiger partial charge in [-0.1, -0.05) is 86.1 Å². The van der Waals surface area contributed by atoms with Crippen molar-refractivity contribution in [2.24, 2.45) is 0 Å². The second kappa shape index (κ2) is 7.23. The van der Waals surface area contributed by atoms with Gasteiger partial charge in [-0.3, -0.25) is 0 Å². The number of halogens is 1. The lowest BCUT2D eigenvalue weighted by atomic mass is 9.76. The molecule has 5 rings (SSSR count). The van der Waals surface area contributed by atoms with Crippen molar-refractivity contribution in [1.82, 2.24) is 0 Å². The van der Waals surface area contributed by atoms with Crippen LogP contribution in [0, 0.1) is 0 Å². The molecular formula is C27H22ClNO. The van der Waals surface area contributed by atoms with Crippen LogP contribution in [0.5, 0.6) is 11.5 Å². The Balaban J connectivity index is 1.46. The molecule has 1 heterocycles. The van der Waals surface area contributed by atoms with Gasteiger partial charge in [-0.25, -0.2) is 0 Å². The Morgan fingerprint density at radius 3 is 2.13 bits per heavy atom. The van der Waals surface area contributed by atoms with E-state index in [1.165, 1.54) is 16.7 Å². The highest BCUT2D eigenvalue weighted by molar-refractivity contribution is 6.33. The topological polar surface area (TPSA) is 21.3 Å². The molecule has 2 nitrogen and oxygen atoms in total. The van der Waals surface area contributed by atoms with E-state index in [1.54, 1.807) is 0 Å². The standard InChI is InChI=1S/C27H22ClNO/c1-27(2)21-10-6-7-11-25(21)30-26-17-24(23(28)16-22(26)27)29-20-14-12-19(13-15-20)18-8-4-3-5-9-18/h3-17,29H,1-2H3. The van der Waals surface area contributed by atoms with E-state index in [-0.39, 0.29) is 5.41 Å². The summed E-state index contributed by atoms with van der Waals surface area (Å²) in [6.45, 7) is 4.41. The highest BCUT2D eigenvalue weighted by atomic mass is 35.5. The molecule has 0 amide bonds. The molecule has 148 valence electrons. The van der Waals surface area contributed by atoms with Crippen molar-refractivity contribution in [3.63, 3.8) is 0 Å². The summed E-state index contributed by atoms with van der Waals surface area (Å²) in [4.78, 5) is 0. The minimum absolute atomic E-state index is 0.177. The summed E-state index contributed by atoms with van der Waals surface area (Å²) < 4.78 is 6.22. The normalized spacial score (nSPS) is 13.7. The number of hydrogen-bond donors (Lipinski definition) is 1. The molecule has 30 heavy (non-hydrogen) atoms. The van der Waals surface area contributed by atoms with E-state index in [0.29, 0.717) is 5.02 Å². The van der Waals surface area contributed by atoms with Crippen LogP contribution in [-0.4, -0.2) is 0 Å². The number of anilines is 2. The summed E-state index contributed by atoms with van der Waals surface area (Å²) in [5.41, 5.74) is 6.28. The molecule has 4 aromatic carbocycles. The molecule has 0 spiro atoms. The Bertz CT molecular complexity index is 1210. The van der Waals surface area contributed by atoms with E-state index in [0.717, 1.165) is 28.4 Å². The van der Waals surface area contributed by atoms with Gasteiger partial charge < -0.3 is 10.1 Å². The lowest BCUT2D eigenvalue weighted by Crippen LogP contribution is -2.24. The summed E-state index contributed by atoms with van der Waals surface area (Å²) in [6.07, 6.45) is 0. The number of para-hydroxylation sites is 1. The zero-order valence-corrected chi connectivity index (χ0v) is 17.7. The van der Waals surface area contributed by atoms with Gasteiger partial charge in [0, 0.05) is 28.3 Å². The lowest BCUT2D eigenvalue weighted by molar-refractivity contribution is 0.418. The van der Waals surface area contributed by atoms with E-state index in [1.807, 2.05) is 48.5 Å². The summed E-state index contributed by atoms with van der Waals surface area (Å²) in [5, 5.41) is 4.12. The van der Waals surface area contributed by atoms with E-state index in [4.69, 9.17) is 16.3 Å². The van der Waals surface area contributed by atoms with Crippen molar-refractivity contribution in [2.45, 2.75) is 19.3 Å². The molecular weight excluding hydrogens is 390 g/mol. The molecule has 0 aliphatic carbocycles. The second-order valence-electron chi connectivity index (χ2n) is 8.12. The Morgan fingerprint density at radius 2 is 1.37 bits per heavy atom. The van der Waals surface area contributed by atoms with Gasteiger partial charge in [-0.05, 0) is 35.4 Å². The van der Waals surface area contributed by atoms with E-state index in [2.05, 4.69) is 61.6 Å². The van der Waals surface area contributed by atoms with Gasteiger partial charge >= 0.3 is 0 Å². The summed E-state index contributed by atoms with van der Waals surface area (Å²) in [5.74, 6) is 1.74. The number of rotatable bonds is 3. The molecule has 3 heteroatoms. The van der Waals surface area contributed by atoms with E-state index < -0.39 is 0 Å². The van der Waals surface area contributed by atoms with Crippen LogP contribution < -0.4 is 10.1 Å². The first-order valence-electron chi connectivity index (χ1n) is 10.1. The molecule has 0 radical (unpaired) electrons. The van der Waals surface area contributed by atoms with Crippen molar-refractivity contribution in [3.8, 4) is 22.6 Å². The second-order valence-corrected chi connectivity index (χ2v) is 8.53. The lowest BCUT2D eigenvalue weighted by Gasteiger charge is -2.35. The first kappa shape index (κ1) is 18.8. The molecule has 0 bridgehead atoms. The van der Waals surface area contributed by atoms with Gasteiger partial charge in [0.2, 0.25) is 0 Å². The van der Waals surface area contributed by atoms with Crippen LogP contribution in [0.1, 0.15) is 25.0 Å². The van der Waals surface area contributed by atoms with Gasteiger partial charge in [0.05, 0.1) is 10.7 Å². The van der Waals surface area contributed by atoms with Gasteiger partial charge in [0.25, 0.3) is 0 Å². The van der Waals surface area contributed by atoms with Gasteiger partial charge in [0.15, 0.2) is 0 Å². The predicted octanol–water partition coefficient (Wildman–Crippen LogP) is 8.18. The quantitative estimate of drug-likeness (QED) is 0.367. The van der Waals surface area contributed by atoms with Gasteiger partial charge in [-0.2, -0.15) is 0 Å². The number of hydrogen-bond acceptors (Lipinski definition) is 2. The molecule has 1 aliphatic heterocycles. The highest BCUT2D eigenvalue weighted by Gasteiger charge is 2.34. The van der Waals surface area contributed by atoms with Crippen molar-refractivity contribution in [3.05, 3.63) is 107 Å². The molecule has 0 aromatic heterocycles. The molecule has 4 aromatic rings. The summed E-state index contributed by atoms with van der Waals surface area (Å²) >= 11 is 6.67. The predicted molar refractivity (Wildman–Crippen MR) is 125 cm³/mol. The Kier molecular flexibility index (Phi) is 4.52. The average molecular weight is 412 g/mol. The number of nitrogens with one attached hydrogen (secondary N) is 1. The third-order valence-corrected chi connectivity index (χ3v) is 6.11. The Morgan fingerprint density at radius 1 is 0.700 bits per heavy atom. The van der Waals surface area contributed by atoms with Crippen LogP contribution in [-0.2, 0) is 5.41 Å². The molecule has 0 fully saturated rings. The van der Waals surface area contributed by atoms with Crippen LogP contribution in [0.4, 0.5) is 11.4 Å². The number of benzene rings is 4. The third kappa shape index (κ3) is 3.24. The maximum absolute atomic E-state index is 6.67. The highest BCUT2D eigenvalue weighted by Crippen LogP contribution is 2.50. The van der Waals surface area contributed by atoms with Crippen LogP contribution in [0.15, 0.2) is 91.0 Å². The zero-order valence-electron chi connectivity index (χ0n) is 16.9. The van der Waals surface area contributed by atoms with Crippen LogP contribution in [0.2, 0.25) is 5.02 Å². The number of fused-ring (bicyclic) bond motifs is 2. The van der Waals surface area contributed by atoms with Crippen molar-refractivity contribution in [2.75, 3.05) is 5.32 Å². The first-order valence-corrected chi connectivity index (χ1v) is 10.4. The van der Waals surface area contributed by atoms with Crippen LogP contribution in [0.25, 0.3) is 11.1 Å². The zero-order chi connectivity index (χ0) is 20.7. The maximum Gasteiger partial charge on any atom is 0.133 e. The van der Waals surface area contributed by atoms with Crippen molar-refractivity contribution >= 4 is 23.0 Å². The average Bonchev–Trinajstić information content (AvgIpc) is 2.76. The van der Waals surface area contributed by atoms with Gasteiger partial charge in [0.1, 0.15) is 11.5 Å². The molecule has 1 N–H and O–H groups in total. The first-order chi connectivity index (χ1) is 14.5. The monoisotopic (exact) mass is 411 g/mol. The molecule has 0 saturated carbocycles. The smallest absolute Gasteiger partial charge is 0.133 e. The minimum atomic E-state index is -0.177. The summed E-state index contributed by atoms with van der Waals surface area (Å²) in [7, 11) is 0. The van der Waals surface area contributed by atoms with Gasteiger partial charge in [-0.15, -0.1) is 0 Å². The van der Waals surface area contributed by atoms with Crippen molar-refractivity contribution in [1.29, 1.82) is 0 Å².